The van der Waals surface area contributed by atoms with E-state index in [0.29, 0.717) is 12.2 Å². The standard InChI is InChI=1S/C10H19NO3S/c1-4-5-6-8(10(13)14)11-9(12)7-15(2)3/h8H,4-7H2,1-3H3,(H-,11,12,13,14)/p+1. The molecule has 0 saturated carbocycles. The summed E-state index contributed by atoms with van der Waals surface area (Å²) < 4.78 is 0. The van der Waals surface area contributed by atoms with Gasteiger partial charge in [-0.25, -0.2) is 4.79 Å². The van der Waals surface area contributed by atoms with E-state index in [-0.39, 0.29) is 16.8 Å². The van der Waals surface area contributed by atoms with E-state index in [4.69, 9.17) is 5.11 Å². The quantitative estimate of drug-likeness (QED) is 0.635. The molecule has 0 aromatic rings. The molecule has 0 bridgehead atoms. The van der Waals surface area contributed by atoms with Crippen molar-refractivity contribution in [1.29, 1.82) is 0 Å². The number of carbonyl (C=O) groups is 2. The van der Waals surface area contributed by atoms with Crippen LogP contribution in [-0.2, 0) is 20.5 Å². The largest absolute Gasteiger partial charge is 0.480 e. The van der Waals surface area contributed by atoms with Crippen molar-refractivity contribution in [1.82, 2.24) is 5.32 Å². The smallest absolute Gasteiger partial charge is 0.326 e. The van der Waals surface area contributed by atoms with Gasteiger partial charge in [0, 0.05) is 0 Å². The third kappa shape index (κ3) is 7.25. The number of aliphatic carboxylic acids is 1. The van der Waals surface area contributed by atoms with Gasteiger partial charge in [-0.15, -0.1) is 0 Å². The average molecular weight is 234 g/mol. The molecule has 0 radical (unpaired) electrons. The third-order valence-corrected chi connectivity index (χ3v) is 2.74. The number of carboxylic acids is 1. The van der Waals surface area contributed by atoms with Crippen molar-refractivity contribution in [3.8, 4) is 0 Å². The van der Waals surface area contributed by atoms with Gasteiger partial charge in [-0.3, -0.25) is 4.79 Å². The molecule has 0 fully saturated rings. The second kappa shape index (κ2) is 7.56. The van der Waals surface area contributed by atoms with Crippen LogP contribution in [0, 0.1) is 0 Å². The molecular weight excluding hydrogens is 214 g/mol. The number of rotatable bonds is 7. The Morgan fingerprint density at radius 2 is 2.00 bits per heavy atom. The topological polar surface area (TPSA) is 66.4 Å². The summed E-state index contributed by atoms with van der Waals surface area (Å²) in [5.74, 6) is -0.689. The van der Waals surface area contributed by atoms with Crippen LogP contribution in [0.5, 0.6) is 0 Å². The van der Waals surface area contributed by atoms with E-state index in [0.717, 1.165) is 12.8 Å². The van der Waals surface area contributed by atoms with Crippen LogP contribution < -0.4 is 5.32 Å². The molecule has 0 saturated heterocycles. The van der Waals surface area contributed by atoms with E-state index >= 15 is 0 Å². The fourth-order valence-corrected chi connectivity index (χ4v) is 1.77. The molecule has 88 valence electrons. The first-order chi connectivity index (χ1) is 6.97. The van der Waals surface area contributed by atoms with Crippen molar-refractivity contribution in [3.05, 3.63) is 0 Å². The molecule has 0 aliphatic carbocycles. The number of hydrogen-bond donors (Lipinski definition) is 2. The summed E-state index contributed by atoms with van der Waals surface area (Å²) in [4.78, 5) is 22.2. The molecule has 2 N–H and O–H groups in total. The maximum Gasteiger partial charge on any atom is 0.326 e. The predicted octanol–water partition coefficient (Wildman–Crippen LogP) is 0.624. The van der Waals surface area contributed by atoms with E-state index in [2.05, 4.69) is 5.32 Å². The van der Waals surface area contributed by atoms with Crippen LogP contribution in [0.4, 0.5) is 0 Å². The van der Waals surface area contributed by atoms with Gasteiger partial charge >= 0.3 is 5.97 Å². The van der Waals surface area contributed by atoms with Crippen LogP contribution in [0.3, 0.4) is 0 Å². The van der Waals surface area contributed by atoms with Crippen LogP contribution in [0.2, 0.25) is 0 Å². The van der Waals surface area contributed by atoms with Crippen molar-refractivity contribution in [3.63, 3.8) is 0 Å². The van der Waals surface area contributed by atoms with Gasteiger partial charge in [-0.05, 0) is 17.3 Å². The molecule has 0 aromatic heterocycles. The van der Waals surface area contributed by atoms with Gasteiger partial charge in [-0.1, -0.05) is 19.8 Å². The summed E-state index contributed by atoms with van der Waals surface area (Å²) in [7, 11) is 0.0140. The predicted molar refractivity (Wildman–Crippen MR) is 63.2 cm³/mol. The van der Waals surface area contributed by atoms with E-state index in [1.807, 2.05) is 19.4 Å². The lowest BCUT2D eigenvalue weighted by Crippen LogP contribution is -2.43. The van der Waals surface area contributed by atoms with E-state index < -0.39 is 12.0 Å². The highest BCUT2D eigenvalue weighted by atomic mass is 32.2. The van der Waals surface area contributed by atoms with Crippen molar-refractivity contribution >= 4 is 22.8 Å². The molecular formula is C10H20NO3S+. The van der Waals surface area contributed by atoms with Gasteiger partial charge in [0.1, 0.15) is 6.04 Å². The lowest BCUT2D eigenvalue weighted by molar-refractivity contribution is -0.141. The SMILES string of the molecule is CCCCC(NC(=O)C[S+](C)C)C(=O)O. The monoisotopic (exact) mass is 234 g/mol. The van der Waals surface area contributed by atoms with Crippen molar-refractivity contribution < 1.29 is 14.7 Å². The minimum Gasteiger partial charge on any atom is -0.480 e. The van der Waals surface area contributed by atoms with Crippen LogP contribution >= 0.6 is 0 Å². The molecule has 1 amide bonds. The Morgan fingerprint density at radius 1 is 1.40 bits per heavy atom. The summed E-state index contributed by atoms with van der Waals surface area (Å²) >= 11 is 0. The summed E-state index contributed by atoms with van der Waals surface area (Å²) in [6.45, 7) is 2.00. The summed E-state index contributed by atoms with van der Waals surface area (Å²) in [6.07, 6.45) is 6.19. The summed E-state index contributed by atoms with van der Waals surface area (Å²) in [5.41, 5.74) is 0. The maximum atomic E-state index is 11.4. The molecule has 4 nitrogen and oxygen atoms in total. The highest BCUT2D eigenvalue weighted by molar-refractivity contribution is 7.96. The number of carboxylic acid groups (broad SMARTS) is 1. The van der Waals surface area contributed by atoms with Crippen molar-refractivity contribution in [2.45, 2.75) is 32.2 Å². The van der Waals surface area contributed by atoms with Gasteiger partial charge in [-0.2, -0.15) is 0 Å². The van der Waals surface area contributed by atoms with Gasteiger partial charge in [0.2, 0.25) is 0 Å². The highest BCUT2D eigenvalue weighted by Gasteiger charge is 2.21. The van der Waals surface area contributed by atoms with Crippen molar-refractivity contribution in [2.24, 2.45) is 0 Å². The normalized spacial score (nSPS) is 12.5. The minimum absolute atomic E-state index is 0.0140. The number of carbonyl (C=O) groups excluding carboxylic acids is 1. The molecule has 1 unspecified atom stereocenters. The van der Waals surface area contributed by atoms with E-state index in [1.54, 1.807) is 0 Å². The maximum absolute atomic E-state index is 11.4. The zero-order chi connectivity index (χ0) is 11.8. The van der Waals surface area contributed by atoms with Crippen molar-refractivity contribution in [2.75, 3.05) is 18.3 Å². The number of amides is 1. The van der Waals surface area contributed by atoms with Gasteiger partial charge in [0.25, 0.3) is 5.91 Å². The molecule has 0 rings (SSSR count). The molecule has 15 heavy (non-hydrogen) atoms. The third-order valence-electron chi connectivity index (χ3n) is 1.90. The van der Waals surface area contributed by atoms with Gasteiger partial charge in [0.15, 0.2) is 5.75 Å². The fourth-order valence-electron chi connectivity index (χ4n) is 1.16. The molecule has 0 aliphatic rings. The number of hydrogen-bond acceptors (Lipinski definition) is 2. The fraction of sp³-hybridized carbons (Fsp3) is 0.800. The Morgan fingerprint density at radius 3 is 2.40 bits per heavy atom. The Kier molecular flexibility index (Phi) is 7.21. The molecule has 0 heterocycles. The Bertz CT molecular complexity index is 219. The van der Waals surface area contributed by atoms with Crippen LogP contribution in [-0.4, -0.2) is 41.3 Å². The summed E-state index contributed by atoms with van der Waals surface area (Å²) in [5, 5.41) is 11.4. The van der Waals surface area contributed by atoms with Crippen LogP contribution in [0.25, 0.3) is 0 Å². The Labute approximate surface area is 93.8 Å². The summed E-state index contributed by atoms with van der Waals surface area (Å²) in [6, 6.07) is -0.721. The second-order valence-electron chi connectivity index (χ2n) is 3.73. The lowest BCUT2D eigenvalue weighted by atomic mass is 10.1. The Hall–Kier alpha value is -0.710. The second-order valence-corrected chi connectivity index (χ2v) is 5.99. The van der Waals surface area contributed by atoms with E-state index in [9.17, 15) is 9.59 Å². The highest BCUT2D eigenvalue weighted by Crippen LogP contribution is 2.01. The van der Waals surface area contributed by atoms with Crippen LogP contribution in [0.1, 0.15) is 26.2 Å². The first-order valence-electron chi connectivity index (χ1n) is 5.03. The first-order valence-corrected chi connectivity index (χ1v) is 7.24. The van der Waals surface area contributed by atoms with Crippen LogP contribution in [0.15, 0.2) is 0 Å². The number of unbranched alkanes of at least 4 members (excludes halogenated alkanes) is 1. The molecule has 1 atom stereocenters. The molecule has 0 aliphatic heterocycles. The van der Waals surface area contributed by atoms with Gasteiger partial charge < -0.3 is 10.4 Å². The number of nitrogens with one attached hydrogen (secondary N) is 1. The molecule has 5 heteroatoms. The minimum atomic E-state index is -0.941. The van der Waals surface area contributed by atoms with Gasteiger partial charge in [0.05, 0.1) is 12.5 Å². The van der Waals surface area contributed by atoms with E-state index in [1.165, 1.54) is 0 Å². The Balaban J connectivity index is 4.04. The first kappa shape index (κ1) is 14.3. The molecule has 0 spiro atoms. The zero-order valence-corrected chi connectivity index (χ0v) is 10.4. The lowest BCUT2D eigenvalue weighted by Gasteiger charge is -2.12. The zero-order valence-electron chi connectivity index (χ0n) is 9.58. The molecule has 0 aromatic carbocycles. The average Bonchev–Trinajstić information content (AvgIpc) is 2.10.